The molecule has 2 aromatic carbocycles. The zero-order chi connectivity index (χ0) is 18.6. The van der Waals surface area contributed by atoms with Crippen molar-refractivity contribution in [1.29, 1.82) is 0 Å². The number of nitrogens with zero attached hydrogens (tertiary/aromatic N) is 2. The number of fused-ring (bicyclic) bond motifs is 1. The minimum atomic E-state index is -0.182. The van der Waals surface area contributed by atoms with Crippen LogP contribution in [0.2, 0.25) is 0 Å². The zero-order valence-electron chi connectivity index (χ0n) is 15.1. The first kappa shape index (κ1) is 17.2. The van der Waals surface area contributed by atoms with Crippen LogP contribution in [0, 0.1) is 0 Å². The summed E-state index contributed by atoms with van der Waals surface area (Å²) in [5, 5.41) is 3.02. The summed E-state index contributed by atoms with van der Waals surface area (Å²) >= 11 is 0. The highest BCUT2D eigenvalue weighted by Gasteiger charge is 2.25. The molecule has 1 amide bonds. The fraction of sp³-hybridized carbons (Fsp3) is 0.227. The van der Waals surface area contributed by atoms with E-state index in [1.54, 1.807) is 18.6 Å². The number of carbonyl (C=O) groups excluding carboxylic acids is 1. The Bertz CT molecular complexity index is 929. The lowest BCUT2D eigenvalue weighted by molar-refractivity contribution is -0.122. The van der Waals surface area contributed by atoms with Crippen LogP contribution in [0.4, 0.5) is 0 Å². The minimum Gasteiger partial charge on any atom is -0.488 e. The van der Waals surface area contributed by atoms with Gasteiger partial charge in [0.15, 0.2) is 0 Å². The summed E-state index contributed by atoms with van der Waals surface area (Å²) in [5.74, 6) is 0.706. The third-order valence-electron chi connectivity index (χ3n) is 4.86. The normalized spacial score (nSPS) is 16.3. The minimum absolute atomic E-state index is 0.0148. The molecule has 0 saturated carbocycles. The Morgan fingerprint density at radius 3 is 2.85 bits per heavy atom. The Kier molecular flexibility index (Phi) is 4.83. The smallest absolute Gasteiger partial charge is 0.227 e. The van der Waals surface area contributed by atoms with Gasteiger partial charge in [-0.1, -0.05) is 30.3 Å². The number of aromatic nitrogens is 2. The molecule has 2 heterocycles. The van der Waals surface area contributed by atoms with Crippen LogP contribution in [0.5, 0.6) is 5.75 Å². The number of benzene rings is 2. The molecule has 0 unspecified atom stereocenters. The van der Waals surface area contributed by atoms with Gasteiger partial charge in [0.2, 0.25) is 5.91 Å². The Labute approximate surface area is 158 Å². The summed E-state index contributed by atoms with van der Waals surface area (Å²) in [6, 6.07) is 15.8. The van der Waals surface area contributed by atoms with Crippen molar-refractivity contribution in [2.24, 2.45) is 0 Å². The molecule has 0 aliphatic carbocycles. The molecule has 0 fully saturated rings. The Hall–Kier alpha value is -3.21. The van der Waals surface area contributed by atoms with Crippen molar-refractivity contribution >= 4 is 5.91 Å². The van der Waals surface area contributed by atoms with Crippen LogP contribution in [0.3, 0.4) is 0 Å². The van der Waals surface area contributed by atoms with E-state index in [2.05, 4.69) is 21.4 Å². The lowest BCUT2D eigenvalue weighted by Gasteiger charge is -2.15. The highest BCUT2D eigenvalue weighted by Crippen LogP contribution is 2.32. The van der Waals surface area contributed by atoms with Gasteiger partial charge >= 0.3 is 0 Å². The molecule has 0 bridgehead atoms. The van der Waals surface area contributed by atoms with Crippen LogP contribution in [0.1, 0.15) is 24.0 Å². The van der Waals surface area contributed by atoms with Gasteiger partial charge in [-0.05, 0) is 36.2 Å². The summed E-state index contributed by atoms with van der Waals surface area (Å²) in [7, 11) is 0. The van der Waals surface area contributed by atoms with Gasteiger partial charge in [-0.3, -0.25) is 14.8 Å². The first-order valence-corrected chi connectivity index (χ1v) is 9.09. The van der Waals surface area contributed by atoms with E-state index in [1.807, 2.05) is 49.4 Å². The van der Waals surface area contributed by atoms with Crippen molar-refractivity contribution in [3.63, 3.8) is 0 Å². The number of hydrogen-bond acceptors (Lipinski definition) is 4. The summed E-state index contributed by atoms with van der Waals surface area (Å²) in [6.45, 7) is 2.41. The maximum absolute atomic E-state index is 12.4. The van der Waals surface area contributed by atoms with E-state index >= 15 is 0 Å². The van der Waals surface area contributed by atoms with Crippen molar-refractivity contribution in [1.82, 2.24) is 15.3 Å². The van der Waals surface area contributed by atoms with E-state index in [0.29, 0.717) is 6.54 Å². The second-order valence-corrected chi connectivity index (χ2v) is 6.73. The third-order valence-corrected chi connectivity index (χ3v) is 4.86. The highest BCUT2D eigenvalue weighted by atomic mass is 16.5. The van der Waals surface area contributed by atoms with Crippen molar-refractivity contribution in [3.8, 4) is 17.0 Å². The van der Waals surface area contributed by atoms with E-state index in [9.17, 15) is 4.79 Å². The average Bonchev–Trinajstić information content (AvgIpc) is 3.15. The molecule has 1 aliphatic rings. The summed E-state index contributed by atoms with van der Waals surface area (Å²) < 4.78 is 5.98. The van der Waals surface area contributed by atoms with Crippen LogP contribution in [0.25, 0.3) is 11.3 Å². The predicted molar refractivity (Wildman–Crippen MR) is 103 cm³/mol. The number of nitrogens with one attached hydrogen (secondary N) is 1. The molecule has 0 radical (unpaired) electrons. The molecule has 1 aliphatic heterocycles. The first-order valence-electron chi connectivity index (χ1n) is 9.09. The number of amides is 1. The van der Waals surface area contributed by atoms with E-state index in [4.69, 9.17) is 4.74 Å². The summed E-state index contributed by atoms with van der Waals surface area (Å²) in [4.78, 5) is 20.9. The quantitative estimate of drug-likeness (QED) is 0.759. The third kappa shape index (κ3) is 3.82. The van der Waals surface area contributed by atoms with E-state index in [0.717, 1.165) is 34.6 Å². The van der Waals surface area contributed by atoms with E-state index in [-0.39, 0.29) is 17.9 Å². The first-order chi connectivity index (χ1) is 13.2. The molecular weight excluding hydrogens is 338 g/mol. The summed E-state index contributed by atoms with van der Waals surface area (Å²) in [5.41, 5.74) is 4.01. The number of ether oxygens (including phenoxy) is 1. The molecule has 0 saturated heterocycles. The standard InChI is InChI=1S/C22H21N3O2/c1-15(16-5-3-2-4-6-16)22(26)25-13-19-12-18-11-17(7-8-21(18)27-19)20-14-23-9-10-24-20/h2-11,14-15,19H,12-13H2,1H3,(H,25,26)/t15-,19+/m0/s1. The Morgan fingerprint density at radius 2 is 2.07 bits per heavy atom. The number of rotatable bonds is 5. The molecule has 136 valence electrons. The van der Waals surface area contributed by atoms with Crippen LogP contribution >= 0.6 is 0 Å². The fourth-order valence-corrected chi connectivity index (χ4v) is 3.30. The van der Waals surface area contributed by atoms with Crippen molar-refractivity contribution in [3.05, 3.63) is 78.2 Å². The Balaban J connectivity index is 1.37. The van der Waals surface area contributed by atoms with Gasteiger partial charge in [-0.25, -0.2) is 0 Å². The molecule has 3 aromatic rings. The molecular formula is C22H21N3O2. The maximum Gasteiger partial charge on any atom is 0.227 e. The molecule has 2 atom stereocenters. The second-order valence-electron chi connectivity index (χ2n) is 6.73. The van der Waals surface area contributed by atoms with E-state index < -0.39 is 0 Å². The van der Waals surface area contributed by atoms with E-state index in [1.165, 1.54) is 0 Å². The number of hydrogen-bond donors (Lipinski definition) is 1. The Morgan fingerprint density at radius 1 is 1.22 bits per heavy atom. The van der Waals surface area contributed by atoms with Crippen LogP contribution in [-0.4, -0.2) is 28.5 Å². The lowest BCUT2D eigenvalue weighted by Crippen LogP contribution is -2.36. The monoisotopic (exact) mass is 359 g/mol. The highest BCUT2D eigenvalue weighted by molar-refractivity contribution is 5.83. The SMILES string of the molecule is C[C@H](C(=O)NC[C@H]1Cc2cc(-c3cnccn3)ccc2O1)c1ccccc1. The topological polar surface area (TPSA) is 64.1 Å². The van der Waals surface area contributed by atoms with Gasteiger partial charge in [0, 0.05) is 24.4 Å². The van der Waals surface area contributed by atoms with Crippen molar-refractivity contribution in [2.45, 2.75) is 25.4 Å². The fourth-order valence-electron chi connectivity index (χ4n) is 3.30. The van der Waals surface area contributed by atoms with Crippen molar-refractivity contribution in [2.75, 3.05) is 6.54 Å². The van der Waals surface area contributed by atoms with Gasteiger partial charge in [0.25, 0.3) is 0 Å². The van der Waals surface area contributed by atoms with Gasteiger partial charge in [-0.15, -0.1) is 0 Å². The molecule has 0 spiro atoms. The molecule has 4 rings (SSSR count). The predicted octanol–water partition coefficient (Wildman–Crippen LogP) is 3.37. The molecule has 1 aromatic heterocycles. The van der Waals surface area contributed by atoms with Crippen LogP contribution in [0.15, 0.2) is 67.1 Å². The summed E-state index contributed by atoms with van der Waals surface area (Å²) in [6.07, 6.45) is 5.81. The molecule has 5 heteroatoms. The van der Waals surface area contributed by atoms with Crippen LogP contribution < -0.4 is 10.1 Å². The van der Waals surface area contributed by atoms with Gasteiger partial charge < -0.3 is 10.1 Å². The van der Waals surface area contributed by atoms with Crippen LogP contribution in [-0.2, 0) is 11.2 Å². The maximum atomic E-state index is 12.4. The van der Waals surface area contributed by atoms with Crippen molar-refractivity contribution < 1.29 is 9.53 Å². The largest absolute Gasteiger partial charge is 0.488 e. The van der Waals surface area contributed by atoms with Gasteiger partial charge in [-0.2, -0.15) is 0 Å². The molecule has 1 N–H and O–H groups in total. The lowest BCUT2D eigenvalue weighted by atomic mass is 10.0. The van der Waals surface area contributed by atoms with Gasteiger partial charge in [0.05, 0.1) is 24.4 Å². The number of carbonyl (C=O) groups is 1. The molecule has 27 heavy (non-hydrogen) atoms. The zero-order valence-corrected chi connectivity index (χ0v) is 15.1. The average molecular weight is 359 g/mol. The molecule has 5 nitrogen and oxygen atoms in total. The van der Waals surface area contributed by atoms with Gasteiger partial charge in [0.1, 0.15) is 11.9 Å². The second kappa shape index (κ2) is 7.58.